The van der Waals surface area contributed by atoms with E-state index in [4.69, 9.17) is 10.5 Å². The molecule has 1 saturated carbocycles. The zero-order valence-electron chi connectivity index (χ0n) is 13.9. The lowest BCUT2D eigenvalue weighted by Crippen LogP contribution is -2.49. The number of hydrogen-bond acceptors (Lipinski definition) is 3. The van der Waals surface area contributed by atoms with Crippen molar-refractivity contribution in [3.63, 3.8) is 0 Å². The number of nitrogens with two attached hydrogens (primary N) is 1. The van der Waals surface area contributed by atoms with Gasteiger partial charge in [0.2, 0.25) is 0 Å². The molecule has 3 nitrogen and oxygen atoms in total. The Bertz CT molecular complexity index is 286. The van der Waals surface area contributed by atoms with Crippen molar-refractivity contribution >= 4 is 0 Å². The van der Waals surface area contributed by atoms with Gasteiger partial charge in [0.05, 0.1) is 6.61 Å². The monoisotopic (exact) mass is 282 g/mol. The van der Waals surface area contributed by atoms with Crippen molar-refractivity contribution < 1.29 is 4.74 Å². The predicted octanol–water partition coefficient (Wildman–Crippen LogP) is 2.89. The SMILES string of the molecule is CN(C1CCOC1)C(CN)C1CCC(C(C)(C)C)CC1. The highest BCUT2D eigenvalue weighted by Gasteiger charge is 2.35. The highest BCUT2D eigenvalue weighted by molar-refractivity contribution is 4.89. The Balaban J connectivity index is 1.89. The van der Waals surface area contributed by atoms with Crippen molar-refractivity contribution in [1.82, 2.24) is 4.90 Å². The van der Waals surface area contributed by atoms with Gasteiger partial charge in [0.25, 0.3) is 0 Å². The van der Waals surface area contributed by atoms with Gasteiger partial charge in [-0.25, -0.2) is 0 Å². The van der Waals surface area contributed by atoms with E-state index in [9.17, 15) is 0 Å². The molecule has 118 valence electrons. The van der Waals surface area contributed by atoms with Crippen LogP contribution in [-0.2, 0) is 4.74 Å². The van der Waals surface area contributed by atoms with E-state index in [1.165, 1.54) is 32.1 Å². The van der Waals surface area contributed by atoms with E-state index in [0.717, 1.165) is 31.6 Å². The van der Waals surface area contributed by atoms with Gasteiger partial charge in [0.15, 0.2) is 0 Å². The molecule has 0 aromatic heterocycles. The van der Waals surface area contributed by atoms with Crippen molar-refractivity contribution in [1.29, 1.82) is 0 Å². The minimum Gasteiger partial charge on any atom is -0.380 e. The molecule has 2 unspecified atom stereocenters. The van der Waals surface area contributed by atoms with Gasteiger partial charge in [-0.05, 0) is 56.4 Å². The lowest BCUT2D eigenvalue weighted by Gasteiger charge is -2.43. The van der Waals surface area contributed by atoms with Crippen molar-refractivity contribution in [2.45, 2.75) is 65.0 Å². The molecule has 0 spiro atoms. The van der Waals surface area contributed by atoms with E-state index < -0.39 is 0 Å². The normalized spacial score (nSPS) is 33.6. The molecule has 0 aromatic rings. The first-order valence-corrected chi connectivity index (χ1v) is 8.43. The van der Waals surface area contributed by atoms with Crippen LogP contribution < -0.4 is 5.73 Å². The first-order valence-electron chi connectivity index (χ1n) is 8.43. The lowest BCUT2D eigenvalue weighted by molar-refractivity contribution is 0.0669. The van der Waals surface area contributed by atoms with Crippen molar-refractivity contribution in [2.75, 3.05) is 26.8 Å². The molecule has 0 aromatic carbocycles. The van der Waals surface area contributed by atoms with Gasteiger partial charge in [0, 0.05) is 25.2 Å². The summed E-state index contributed by atoms with van der Waals surface area (Å²) in [5.41, 5.74) is 6.58. The second-order valence-corrected chi connectivity index (χ2v) is 7.96. The first kappa shape index (κ1) is 16.3. The van der Waals surface area contributed by atoms with Crippen LogP contribution in [0.5, 0.6) is 0 Å². The maximum atomic E-state index is 6.11. The molecular weight excluding hydrogens is 248 g/mol. The summed E-state index contributed by atoms with van der Waals surface area (Å²) in [6.07, 6.45) is 6.62. The van der Waals surface area contributed by atoms with Crippen molar-refractivity contribution in [3.05, 3.63) is 0 Å². The Morgan fingerprint density at radius 2 is 1.80 bits per heavy atom. The van der Waals surface area contributed by atoms with E-state index >= 15 is 0 Å². The summed E-state index contributed by atoms with van der Waals surface area (Å²) in [6.45, 7) is 9.77. The maximum Gasteiger partial charge on any atom is 0.0622 e. The molecule has 0 bridgehead atoms. The van der Waals surface area contributed by atoms with Crippen LogP contribution in [0.4, 0.5) is 0 Å². The molecule has 2 atom stereocenters. The average molecular weight is 282 g/mol. The maximum absolute atomic E-state index is 6.11. The fourth-order valence-electron chi connectivity index (χ4n) is 4.18. The van der Waals surface area contributed by atoms with E-state index in [2.05, 4.69) is 32.7 Å². The van der Waals surface area contributed by atoms with Crippen LogP contribution in [0, 0.1) is 17.3 Å². The molecule has 0 radical (unpaired) electrons. The molecule has 2 rings (SSSR count). The third kappa shape index (κ3) is 3.75. The lowest BCUT2D eigenvalue weighted by atomic mass is 9.68. The number of rotatable bonds is 4. The minimum atomic E-state index is 0.467. The van der Waals surface area contributed by atoms with Gasteiger partial charge in [0.1, 0.15) is 0 Å². The van der Waals surface area contributed by atoms with Crippen LogP contribution in [0.3, 0.4) is 0 Å². The summed E-state index contributed by atoms with van der Waals surface area (Å²) >= 11 is 0. The standard InChI is InChI=1S/C17H34N2O/c1-17(2,3)14-7-5-13(6-8-14)16(11-18)19(4)15-9-10-20-12-15/h13-16H,5-12,18H2,1-4H3. The van der Waals surface area contributed by atoms with Crippen LogP contribution in [0.25, 0.3) is 0 Å². The quantitative estimate of drug-likeness (QED) is 0.861. The molecular formula is C17H34N2O. The summed E-state index contributed by atoms with van der Waals surface area (Å²) in [4.78, 5) is 2.52. The second-order valence-electron chi connectivity index (χ2n) is 7.96. The number of ether oxygens (including phenoxy) is 1. The Morgan fingerprint density at radius 3 is 2.25 bits per heavy atom. The van der Waals surface area contributed by atoms with Gasteiger partial charge < -0.3 is 10.5 Å². The second kappa shape index (κ2) is 6.76. The van der Waals surface area contributed by atoms with Crippen molar-refractivity contribution in [3.8, 4) is 0 Å². The summed E-state index contributed by atoms with van der Waals surface area (Å²) in [6, 6.07) is 1.13. The first-order chi connectivity index (χ1) is 9.43. The summed E-state index contributed by atoms with van der Waals surface area (Å²) in [7, 11) is 2.26. The summed E-state index contributed by atoms with van der Waals surface area (Å²) in [5, 5.41) is 0. The molecule has 3 heteroatoms. The zero-order chi connectivity index (χ0) is 14.8. The minimum absolute atomic E-state index is 0.467. The smallest absolute Gasteiger partial charge is 0.0622 e. The average Bonchev–Trinajstić information content (AvgIpc) is 2.93. The molecule has 2 aliphatic rings. The Kier molecular flexibility index (Phi) is 5.49. The molecule has 2 N–H and O–H groups in total. The molecule has 20 heavy (non-hydrogen) atoms. The van der Waals surface area contributed by atoms with Gasteiger partial charge in [-0.3, -0.25) is 4.90 Å². The van der Waals surface area contributed by atoms with Crippen LogP contribution >= 0.6 is 0 Å². The zero-order valence-corrected chi connectivity index (χ0v) is 13.9. The fourth-order valence-corrected chi connectivity index (χ4v) is 4.18. The molecule has 0 amide bonds. The molecule has 1 saturated heterocycles. The predicted molar refractivity (Wildman–Crippen MR) is 84.7 cm³/mol. The third-order valence-electron chi connectivity index (χ3n) is 5.79. The van der Waals surface area contributed by atoms with Crippen LogP contribution in [-0.4, -0.2) is 43.8 Å². The highest BCUT2D eigenvalue weighted by atomic mass is 16.5. The third-order valence-corrected chi connectivity index (χ3v) is 5.79. The van der Waals surface area contributed by atoms with E-state index in [-0.39, 0.29) is 0 Å². The number of hydrogen-bond donors (Lipinski definition) is 1. The van der Waals surface area contributed by atoms with E-state index in [1.54, 1.807) is 0 Å². The number of nitrogens with zero attached hydrogens (tertiary/aromatic N) is 1. The highest BCUT2D eigenvalue weighted by Crippen LogP contribution is 2.41. The molecule has 1 aliphatic heterocycles. The molecule has 1 aliphatic carbocycles. The molecule has 2 fully saturated rings. The van der Waals surface area contributed by atoms with Gasteiger partial charge in [-0.2, -0.15) is 0 Å². The summed E-state index contributed by atoms with van der Waals surface area (Å²) in [5.74, 6) is 1.67. The number of likely N-dealkylation sites (N-methyl/N-ethyl adjacent to an activating group) is 1. The Labute approximate surface area is 125 Å². The van der Waals surface area contributed by atoms with E-state index in [1.807, 2.05) is 0 Å². The topological polar surface area (TPSA) is 38.5 Å². The van der Waals surface area contributed by atoms with Crippen LogP contribution in [0.2, 0.25) is 0 Å². The van der Waals surface area contributed by atoms with Gasteiger partial charge >= 0.3 is 0 Å². The van der Waals surface area contributed by atoms with Crippen LogP contribution in [0.1, 0.15) is 52.9 Å². The fraction of sp³-hybridized carbons (Fsp3) is 1.00. The van der Waals surface area contributed by atoms with Crippen molar-refractivity contribution in [2.24, 2.45) is 23.0 Å². The summed E-state index contributed by atoms with van der Waals surface area (Å²) < 4.78 is 5.54. The van der Waals surface area contributed by atoms with Gasteiger partial charge in [-0.1, -0.05) is 20.8 Å². The van der Waals surface area contributed by atoms with E-state index in [0.29, 0.717) is 17.5 Å². The Morgan fingerprint density at radius 1 is 1.15 bits per heavy atom. The molecule has 1 heterocycles. The van der Waals surface area contributed by atoms with Crippen LogP contribution in [0.15, 0.2) is 0 Å². The Hall–Kier alpha value is -0.120. The largest absolute Gasteiger partial charge is 0.380 e. The van der Waals surface area contributed by atoms with Gasteiger partial charge in [-0.15, -0.1) is 0 Å².